The van der Waals surface area contributed by atoms with E-state index in [9.17, 15) is 0 Å². The third-order valence-corrected chi connectivity index (χ3v) is 3.82. The molecule has 1 N–H and O–H groups in total. The van der Waals surface area contributed by atoms with Crippen LogP contribution in [-0.4, -0.2) is 10.9 Å². The van der Waals surface area contributed by atoms with Crippen molar-refractivity contribution in [2.75, 3.05) is 0 Å². The molecule has 0 heterocycles. The van der Waals surface area contributed by atoms with E-state index in [0.717, 1.165) is 24.0 Å². The molecule has 0 aromatic heterocycles. The zero-order chi connectivity index (χ0) is 10.6. The van der Waals surface area contributed by atoms with Gasteiger partial charge in [0.05, 0.1) is 5.71 Å². The van der Waals surface area contributed by atoms with Crippen LogP contribution in [0.3, 0.4) is 0 Å². The molecule has 1 aliphatic carbocycles. The Morgan fingerprint density at radius 3 is 2.36 bits per heavy atom. The van der Waals surface area contributed by atoms with E-state index >= 15 is 0 Å². The summed E-state index contributed by atoms with van der Waals surface area (Å²) in [6, 6.07) is 0. The quantitative estimate of drug-likeness (QED) is 0.466. The van der Waals surface area contributed by atoms with Gasteiger partial charge < -0.3 is 5.21 Å². The molecule has 1 rings (SSSR count). The summed E-state index contributed by atoms with van der Waals surface area (Å²) in [5.74, 6) is 2.05. The second-order valence-electron chi connectivity index (χ2n) is 4.92. The van der Waals surface area contributed by atoms with Gasteiger partial charge in [-0.25, -0.2) is 0 Å². The third-order valence-electron chi connectivity index (χ3n) is 3.82. The molecular weight excluding hydrogens is 174 g/mol. The molecule has 1 fully saturated rings. The van der Waals surface area contributed by atoms with Crippen LogP contribution in [0.1, 0.15) is 52.9 Å². The zero-order valence-electron chi connectivity index (χ0n) is 9.66. The van der Waals surface area contributed by atoms with Crippen molar-refractivity contribution in [3.63, 3.8) is 0 Å². The summed E-state index contributed by atoms with van der Waals surface area (Å²) in [7, 11) is 0. The summed E-state index contributed by atoms with van der Waals surface area (Å²) < 4.78 is 0. The van der Waals surface area contributed by atoms with Gasteiger partial charge >= 0.3 is 0 Å². The summed E-state index contributed by atoms with van der Waals surface area (Å²) >= 11 is 0. The van der Waals surface area contributed by atoms with Crippen molar-refractivity contribution in [1.29, 1.82) is 0 Å². The second kappa shape index (κ2) is 5.38. The fraction of sp³-hybridized carbons (Fsp3) is 0.917. The standard InChI is InChI=1S/C12H23NO/c1-9-5-4-6-11(3)12(13-14)8-7-10(9)2/h9-11,14H,4-8H2,1-3H3/b13-12+. The first-order valence-corrected chi connectivity index (χ1v) is 5.86. The minimum Gasteiger partial charge on any atom is -0.411 e. The molecule has 82 valence electrons. The molecule has 0 aliphatic heterocycles. The summed E-state index contributed by atoms with van der Waals surface area (Å²) in [5.41, 5.74) is 1.01. The van der Waals surface area contributed by atoms with Gasteiger partial charge in [0.1, 0.15) is 0 Å². The van der Waals surface area contributed by atoms with Gasteiger partial charge in [-0.15, -0.1) is 0 Å². The number of nitrogens with zero attached hydrogens (tertiary/aromatic N) is 1. The average molecular weight is 197 g/mol. The van der Waals surface area contributed by atoms with Gasteiger partial charge in [0.15, 0.2) is 0 Å². The van der Waals surface area contributed by atoms with Crippen LogP contribution in [0, 0.1) is 17.8 Å². The summed E-state index contributed by atoms with van der Waals surface area (Å²) in [5, 5.41) is 12.4. The van der Waals surface area contributed by atoms with Gasteiger partial charge in [0.25, 0.3) is 0 Å². The van der Waals surface area contributed by atoms with Gasteiger partial charge in [0, 0.05) is 0 Å². The van der Waals surface area contributed by atoms with Crippen LogP contribution in [0.5, 0.6) is 0 Å². The first-order valence-electron chi connectivity index (χ1n) is 5.86. The van der Waals surface area contributed by atoms with Crippen LogP contribution >= 0.6 is 0 Å². The van der Waals surface area contributed by atoms with Crippen molar-refractivity contribution in [2.45, 2.75) is 52.9 Å². The maximum absolute atomic E-state index is 8.91. The molecule has 1 saturated carbocycles. The fourth-order valence-electron chi connectivity index (χ4n) is 2.25. The van der Waals surface area contributed by atoms with Crippen molar-refractivity contribution in [3.8, 4) is 0 Å². The van der Waals surface area contributed by atoms with Crippen molar-refractivity contribution in [3.05, 3.63) is 0 Å². The van der Waals surface area contributed by atoms with Crippen LogP contribution in [-0.2, 0) is 0 Å². The van der Waals surface area contributed by atoms with E-state index in [-0.39, 0.29) is 0 Å². The molecule has 0 spiro atoms. The largest absolute Gasteiger partial charge is 0.411 e. The highest BCUT2D eigenvalue weighted by atomic mass is 16.4. The maximum atomic E-state index is 8.91. The lowest BCUT2D eigenvalue weighted by atomic mass is 9.88. The molecule has 0 saturated heterocycles. The second-order valence-corrected chi connectivity index (χ2v) is 4.92. The lowest BCUT2D eigenvalue weighted by Crippen LogP contribution is -2.12. The zero-order valence-corrected chi connectivity index (χ0v) is 9.66. The Hall–Kier alpha value is -0.530. The molecule has 0 bridgehead atoms. The lowest BCUT2D eigenvalue weighted by molar-refractivity contribution is 0.312. The van der Waals surface area contributed by atoms with E-state index in [4.69, 9.17) is 5.21 Å². The van der Waals surface area contributed by atoms with Crippen molar-refractivity contribution >= 4 is 5.71 Å². The van der Waals surface area contributed by atoms with Crippen molar-refractivity contribution < 1.29 is 5.21 Å². The SMILES string of the molecule is CC1CCCC(C)C(C)CC/C1=N\O. The number of hydrogen-bond donors (Lipinski definition) is 1. The molecule has 1 aliphatic rings. The Morgan fingerprint density at radius 1 is 1.07 bits per heavy atom. The monoisotopic (exact) mass is 197 g/mol. The van der Waals surface area contributed by atoms with Crippen LogP contribution in [0.25, 0.3) is 0 Å². The van der Waals surface area contributed by atoms with E-state index in [2.05, 4.69) is 25.9 Å². The highest BCUT2D eigenvalue weighted by Gasteiger charge is 2.19. The Balaban J connectivity index is 2.61. The van der Waals surface area contributed by atoms with Gasteiger partial charge in [-0.3, -0.25) is 0 Å². The minimum absolute atomic E-state index is 0.470. The highest BCUT2D eigenvalue weighted by Crippen LogP contribution is 2.27. The molecule has 0 aromatic rings. The molecule has 3 atom stereocenters. The van der Waals surface area contributed by atoms with E-state index < -0.39 is 0 Å². The van der Waals surface area contributed by atoms with Gasteiger partial charge in [0.2, 0.25) is 0 Å². The smallest absolute Gasteiger partial charge is 0.0599 e. The Morgan fingerprint density at radius 2 is 1.71 bits per heavy atom. The van der Waals surface area contributed by atoms with Crippen molar-refractivity contribution in [1.82, 2.24) is 0 Å². The Bertz CT molecular complexity index is 200. The van der Waals surface area contributed by atoms with Crippen molar-refractivity contribution in [2.24, 2.45) is 22.9 Å². The van der Waals surface area contributed by atoms with Crippen LogP contribution < -0.4 is 0 Å². The maximum Gasteiger partial charge on any atom is 0.0599 e. The van der Waals surface area contributed by atoms with Gasteiger partial charge in [-0.05, 0) is 37.0 Å². The van der Waals surface area contributed by atoms with Crippen LogP contribution in [0.4, 0.5) is 0 Å². The van der Waals surface area contributed by atoms with Gasteiger partial charge in [-0.1, -0.05) is 38.8 Å². The lowest BCUT2D eigenvalue weighted by Gasteiger charge is -2.17. The first-order chi connectivity index (χ1) is 6.65. The first kappa shape index (κ1) is 11.5. The molecule has 0 amide bonds. The number of oxime groups is 1. The van der Waals surface area contributed by atoms with Crippen LogP contribution in [0.2, 0.25) is 0 Å². The average Bonchev–Trinajstić information content (AvgIpc) is 2.22. The summed E-state index contributed by atoms with van der Waals surface area (Å²) in [4.78, 5) is 0. The normalized spacial score (nSPS) is 38.8. The predicted octanol–water partition coefficient (Wildman–Crippen LogP) is 3.69. The number of hydrogen-bond acceptors (Lipinski definition) is 2. The molecular formula is C12H23NO. The molecule has 2 heteroatoms. The topological polar surface area (TPSA) is 32.6 Å². The Labute approximate surface area is 87.4 Å². The van der Waals surface area contributed by atoms with E-state index in [1.165, 1.54) is 25.7 Å². The molecule has 2 nitrogen and oxygen atoms in total. The van der Waals surface area contributed by atoms with E-state index in [1.807, 2.05) is 0 Å². The van der Waals surface area contributed by atoms with E-state index in [1.54, 1.807) is 0 Å². The molecule has 0 radical (unpaired) electrons. The Kier molecular flexibility index (Phi) is 4.43. The fourth-order valence-corrected chi connectivity index (χ4v) is 2.25. The third kappa shape index (κ3) is 3.00. The predicted molar refractivity (Wildman–Crippen MR) is 59.8 cm³/mol. The highest BCUT2D eigenvalue weighted by molar-refractivity contribution is 5.85. The molecule has 0 aromatic carbocycles. The summed E-state index contributed by atoms with van der Waals surface area (Å²) in [6.45, 7) is 6.84. The summed E-state index contributed by atoms with van der Waals surface area (Å²) in [6.07, 6.45) is 5.92. The van der Waals surface area contributed by atoms with Crippen LogP contribution in [0.15, 0.2) is 5.16 Å². The van der Waals surface area contributed by atoms with Gasteiger partial charge in [-0.2, -0.15) is 0 Å². The molecule has 3 unspecified atom stereocenters. The molecule has 14 heavy (non-hydrogen) atoms. The minimum atomic E-state index is 0.470. The number of rotatable bonds is 0. The van der Waals surface area contributed by atoms with E-state index in [0.29, 0.717) is 5.92 Å².